The van der Waals surface area contributed by atoms with E-state index in [1.54, 1.807) is 48.0 Å². The maximum atomic E-state index is 14.3. The second kappa shape index (κ2) is 24.7. The highest BCUT2D eigenvalue weighted by atomic mass is 32.2. The highest BCUT2D eigenvalue weighted by molar-refractivity contribution is 7.85. The first-order chi connectivity index (χ1) is 28.1. The predicted molar refractivity (Wildman–Crippen MR) is 231 cm³/mol. The van der Waals surface area contributed by atoms with E-state index in [2.05, 4.69) is 16.0 Å². The number of ether oxygens (including phenoxy) is 2. The van der Waals surface area contributed by atoms with Gasteiger partial charge in [-0.3, -0.25) is 33.4 Å². The van der Waals surface area contributed by atoms with Crippen molar-refractivity contribution in [3.05, 3.63) is 35.9 Å². The van der Waals surface area contributed by atoms with Gasteiger partial charge in [0, 0.05) is 40.8 Å². The lowest BCUT2D eigenvalue weighted by Gasteiger charge is -2.41. The molecule has 1 aliphatic rings. The van der Waals surface area contributed by atoms with E-state index in [1.165, 1.54) is 14.2 Å². The molecule has 0 bridgehead atoms. The third-order valence-electron chi connectivity index (χ3n) is 11.9. The summed E-state index contributed by atoms with van der Waals surface area (Å²) in [6.45, 7) is 16.2. The lowest BCUT2D eigenvalue weighted by atomic mass is 9.89. The molecule has 2 rings (SSSR count). The normalized spacial score (nSPS) is 18.6. The summed E-state index contributed by atoms with van der Waals surface area (Å²) in [4.78, 5) is 74.7. The van der Waals surface area contributed by atoms with Gasteiger partial charge >= 0.3 is 0 Å². The molecule has 1 aliphatic heterocycles. The Morgan fingerprint density at radius 2 is 1.53 bits per heavy atom. The monoisotopic (exact) mass is 867 g/mol. The SMILES string of the molecule is CC[C@H](C)[C@@H]([C@@H](CC(=O)N1CCC[C@H]1[C@H](OC)[C@@H](C)C(=O)NC(Cc1ccccc1)C(=O)NCCS(=O)(=O)O)OC)N(C)C(=O)[C@@H](NC(=O)C(C(C)C)N(C)CC)C(C)C. The Morgan fingerprint density at radius 1 is 0.900 bits per heavy atom. The lowest BCUT2D eigenvalue weighted by molar-refractivity contribution is -0.148. The zero-order valence-corrected chi connectivity index (χ0v) is 38.8. The van der Waals surface area contributed by atoms with Gasteiger partial charge in [-0.25, -0.2) is 0 Å². The van der Waals surface area contributed by atoms with Gasteiger partial charge in [0.2, 0.25) is 29.5 Å². The van der Waals surface area contributed by atoms with Gasteiger partial charge in [0.15, 0.2) is 0 Å². The Hall–Kier alpha value is -3.64. The third kappa shape index (κ3) is 15.1. The number of likely N-dealkylation sites (N-methyl/N-ethyl adjacent to an activating group) is 2. The van der Waals surface area contributed by atoms with Crippen LogP contribution >= 0.6 is 0 Å². The number of nitrogens with one attached hydrogen (secondary N) is 3. The van der Waals surface area contributed by atoms with E-state index in [4.69, 9.17) is 14.0 Å². The Morgan fingerprint density at radius 3 is 2.05 bits per heavy atom. The number of carbonyl (C=O) groups is 5. The van der Waals surface area contributed by atoms with E-state index in [-0.39, 0.29) is 54.9 Å². The molecule has 1 aromatic rings. The number of carbonyl (C=O) groups excluding carboxylic acids is 5. The second-order valence-corrected chi connectivity index (χ2v) is 18.5. The first-order valence-corrected chi connectivity index (χ1v) is 22.9. The van der Waals surface area contributed by atoms with Crippen LogP contribution in [0.25, 0.3) is 0 Å². The fraction of sp³-hybridized carbons (Fsp3) is 0.744. The summed E-state index contributed by atoms with van der Waals surface area (Å²) in [7, 11) is 2.28. The van der Waals surface area contributed by atoms with Gasteiger partial charge in [-0.2, -0.15) is 8.42 Å². The summed E-state index contributed by atoms with van der Waals surface area (Å²) in [5.74, 6) is -3.58. The second-order valence-electron chi connectivity index (χ2n) is 16.9. The summed E-state index contributed by atoms with van der Waals surface area (Å²) in [5.41, 5.74) is 0.760. The van der Waals surface area contributed by atoms with E-state index in [9.17, 15) is 32.4 Å². The first kappa shape index (κ1) is 52.5. The van der Waals surface area contributed by atoms with E-state index in [0.29, 0.717) is 32.4 Å². The van der Waals surface area contributed by atoms with E-state index < -0.39 is 76.0 Å². The van der Waals surface area contributed by atoms with Crippen molar-refractivity contribution in [1.29, 1.82) is 0 Å². The molecule has 60 heavy (non-hydrogen) atoms. The molecule has 342 valence electrons. The zero-order valence-electron chi connectivity index (χ0n) is 38.0. The van der Waals surface area contributed by atoms with Crippen molar-refractivity contribution in [3.63, 3.8) is 0 Å². The van der Waals surface area contributed by atoms with Crippen LogP contribution < -0.4 is 16.0 Å². The van der Waals surface area contributed by atoms with Gasteiger partial charge in [-0.15, -0.1) is 0 Å². The highest BCUT2D eigenvalue weighted by Gasteiger charge is 2.43. The Bertz CT molecular complexity index is 1650. The smallest absolute Gasteiger partial charge is 0.266 e. The summed E-state index contributed by atoms with van der Waals surface area (Å²) in [6, 6.07) is 5.75. The number of amides is 5. The van der Waals surface area contributed by atoms with Gasteiger partial charge < -0.3 is 35.2 Å². The molecule has 4 N–H and O–H groups in total. The summed E-state index contributed by atoms with van der Waals surface area (Å²) in [6.07, 6.45) is 0.562. The van der Waals surface area contributed by atoms with Crippen LogP contribution in [0, 0.1) is 23.7 Å². The largest absolute Gasteiger partial charge is 0.379 e. The molecular weight excluding hydrogens is 793 g/mol. The molecule has 9 atom stereocenters. The molecular formula is C43H74N6O10S. The molecule has 0 aromatic heterocycles. The number of hydrogen-bond donors (Lipinski definition) is 4. The van der Waals surface area contributed by atoms with Crippen LogP contribution in [0.5, 0.6) is 0 Å². The molecule has 5 amide bonds. The van der Waals surface area contributed by atoms with Crippen LogP contribution in [-0.2, 0) is 50.0 Å². The van der Waals surface area contributed by atoms with E-state index in [0.717, 1.165) is 5.56 Å². The number of methoxy groups -OCH3 is 2. The molecule has 1 aromatic carbocycles. The molecule has 0 aliphatic carbocycles. The van der Waals surface area contributed by atoms with E-state index >= 15 is 0 Å². The third-order valence-corrected chi connectivity index (χ3v) is 12.7. The minimum Gasteiger partial charge on any atom is -0.379 e. The molecule has 0 spiro atoms. The highest BCUT2D eigenvalue weighted by Crippen LogP contribution is 2.30. The van der Waals surface area contributed by atoms with Crippen molar-refractivity contribution < 1.29 is 46.4 Å². The van der Waals surface area contributed by atoms with Crippen molar-refractivity contribution in [2.24, 2.45) is 23.7 Å². The number of hydrogen-bond acceptors (Lipinski definition) is 10. The molecule has 0 radical (unpaired) electrons. The van der Waals surface area contributed by atoms with Crippen LogP contribution in [-0.4, -0.2) is 153 Å². The Balaban J connectivity index is 2.31. The van der Waals surface area contributed by atoms with Crippen LogP contribution in [0.4, 0.5) is 0 Å². The van der Waals surface area contributed by atoms with Gasteiger partial charge in [-0.1, -0.05) is 92.1 Å². The van der Waals surface area contributed by atoms with Crippen LogP contribution in [0.15, 0.2) is 30.3 Å². The zero-order chi connectivity index (χ0) is 45.5. The number of rotatable bonds is 25. The lowest BCUT2D eigenvalue weighted by Crippen LogP contribution is -2.60. The first-order valence-electron chi connectivity index (χ1n) is 21.3. The number of nitrogens with zero attached hydrogens (tertiary/aromatic N) is 3. The van der Waals surface area contributed by atoms with Crippen molar-refractivity contribution in [2.75, 3.05) is 53.7 Å². The Kier molecular flexibility index (Phi) is 21.6. The fourth-order valence-electron chi connectivity index (χ4n) is 8.27. The van der Waals surface area contributed by atoms with Gasteiger partial charge in [0.05, 0.1) is 48.4 Å². The minimum atomic E-state index is -4.32. The predicted octanol–water partition coefficient (Wildman–Crippen LogP) is 2.76. The van der Waals surface area contributed by atoms with Gasteiger partial charge in [0.1, 0.15) is 12.1 Å². The molecule has 16 nitrogen and oxygen atoms in total. The number of benzene rings is 1. The average molecular weight is 867 g/mol. The minimum absolute atomic E-state index is 0.0210. The van der Waals surface area contributed by atoms with Crippen molar-refractivity contribution >= 4 is 39.7 Å². The fourth-order valence-corrected chi connectivity index (χ4v) is 8.63. The number of likely N-dealkylation sites (tertiary alicyclic amines) is 1. The standard InChI is InChI=1S/C43H74N6O10S/c1-13-29(7)38(48(10)43(54)36(27(3)4)46-42(53)37(28(5)6)47(9)14-2)34(58-11)26-35(50)49-23-18-21-33(49)39(59-12)30(8)40(51)45-32(25-31-19-16-15-17-20-31)41(52)44-22-24-60(55,56)57/h15-17,19-20,27-30,32-34,36-39H,13-14,18,21-26H2,1-12H3,(H,44,52)(H,45,51)(H,46,53)(H,55,56,57)/t29-,30+,32?,33-,34+,36-,37?,38-,39+/m0/s1. The van der Waals surface area contributed by atoms with Crippen LogP contribution in [0.1, 0.15) is 86.6 Å². The maximum Gasteiger partial charge on any atom is 0.266 e. The maximum absolute atomic E-state index is 14.3. The topological polar surface area (TPSA) is 204 Å². The van der Waals surface area contributed by atoms with Crippen LogP contribution in [0.3, 0.4) is 0 Å². The molecule has 17 heteroatoms. The van der Waals surface area contributed by atoms with Gasteiger partial charge in [0.25, 0.3) is 10.1 Å². The van der Waals surface area contributed by atoms with Crippen molar-refractivity contribution in [1.82, 2.24) is 30.7 Å². The quantitative estimate of drug-likeness (QED) is 0.105. The van der Waals surface area contributed by atoms with Crippen LogP contribution in [0.2, 0.25) is 0 Å². The Labute approximate surface area is 359 Å². The summed E-state index contributed by atoms with van der Waals surface area (Å²) >= 11 is 0. The van der Waals surface area contributed by atoms with Gasteiger partial charge in [-0.05, 0) is 49.8 Å². The van der Waals surface area contributed by atoms with Crippen molar-refractivity contribution in [3.8, 4) is 0 Å². The molecule has 1 heterocycles. The molecule has 0 saturated carbocycles. The molecule has 1 fully saturated rings. The van der Waals surface area contributed by atoms with E-state index in [1.807, 2.05) is 66.5 Å². The van der Waals surface area contributed by atoms with Crippen molar-refractivity contribution in [2.45, 2.75) is 130 Å². The molecule has 2 unspecified atom stereocenters. The summed E-state index contributed by atoms with van der Waals surface area (Å²) in [5, 5.41) is 8.34. The summed E-state index contributed by atoms with van der Waals surface area (Å²) < 4.78 is 43.6. The average Bonchev–Trinajstić information content (AvgIpc) is 3.68. The molecule has 1 saturated heterocycles.